The van der Waals surface area contributed by atoms with E-state index in [1.54, 1.807) is 0 Å². The molecule has 0 rings (SSSR count). The summed E-state index contributed by atoms with van der Waals surface area (Å²) in [5.74, 6) is 0. The van der Waals surface area contributed by atoms with Gasteiger partial charge in [-0.3, -0.25) is 27.3 Å². The van der Waals surface area contributed by atoms with Crippen LogP contribution < -0.4 is 0 Å². The standard InChI is InChI=1S/2Ce.3H2O4S/c;;3*1-5(2,3)4/h;;3*(H2,1,2,3,4). The average Bonchev–Trinajstić information content (AvgIpc) is 1.41. The Bertz CT molecular complexity index is 341. The predicted molar refractivity (Wildman–Crippen MR) is 42.5 cm³/mol. The maximum Gasteiger partial charge on any atom is 0.394 e. The van der Waals surface area contributed by atoms with Crippen LogP contribution in [0, 0.1) is 83.5 Å². The van der Waals surface area contributed by atoms with E-state index in [1.807, 2.05) is 0 Å². The monoisotopic (exact) mass is 574 g/mol. The molecule has 0 atom stereocenters. The minimum Gasteiger partial charge on any atom is -0.264 e. The topological polar surface area (TPSA) is 224 Å². The van der Waals surface area contributed by atoms with Crippen LogP contribution in [0.15, 0.2) is 0 Å². The molecule has 0 heterocycles. The fraction of sp³-hybridized carbons (Fsp3) is 0. The van der Waals surface area contributed by atoms with Crippen molar-refractivity contribution in [1.82, 2.24) is 0 Å². The summed E-state index contributed by atoms with van der Waals surface area (Å²) in [6.07, 6.45) is 0. The van der Waals surface area contributed by atoms with Crippen molar-refractivity contribution in [1.29, 1.82) is 0 Å². The zero-order valence-electron chi connectivity index (χ0n) is 7.36. The van der Waals surface area contributed by atoms with Crippen LogP contribution in [0.3, 0.4) is 0 Å². The summed E-state index contributed by atoms with van der Waals surface area (Å²) >= 11 is 0. The van der Waals surface area contributed by atoms with Gasteiger partial charge in [0.1, 0.15) is 0 Å². The summed E-state index contributed by atoms with van der Waals surface area (Å²) in [5, 5.41) is 0. The van der Waals surface area contributed by atoms with Crippen molar-refractivity contribution < 1.29 is 136 Å². The van der Waals surface area contributed by atoms with Crippen molar-refractivity contribution in [2.24, 2.45) is 0 Å². The van der Waals surface area contributed by atoms with E-state index in [0.29, 0.717) is 0 Å². The minimum absolute atomic E-state index is 0. The Kier molecular flexibility index (Phi) is 24.9. The summed E-state index contributed by atoms with van der Waals surface area (Å²) in [6.45, 7) is 0. The summed E-state index contributed by atoms with van der Waals surface area (Å²) in [4.78, 5) is 0. The molecule has 0 spiro atoms. The largest absolute Gasteiger partial charge is 0.394 e. The van der Waals surface area contributed by atoms with Crippen LogP contribution in [0.1, 0.15) is 0 Å². The maximum atomic E-state index is 8.74. The molecule has 0 radical (unpaired) electrons. The molecule has 0 aromatic rings. The van der Waals surface area contributed by atoms with Gasteiger partial charge in [-0.15, -0.1) is 0 Å². The van der Waals surface area contributed by atoms with Crippen molar-refractivity contribution in [3.8, 4) is 0 Å². The van der Waals surface area contributed by atoms with E-state index in [1.165, 1.54) is 0 Å². The second-order valence-corrected chi connectivity index (χ2v) is 4.03. The molecule has 12 nitrogen and oxygen atoms in total. The van der Waals surface area contributed by atoms with E-state index in [2.05, 4.69) is 0 Å². The second kappa shape index (κ2) is 13.4. The van der Waals surface area contributed by atoms with Crippen molar-refractivity contribution in [2.75, 3.05) is 0 Å². The Labute approximate surface area is 164 Å². The molecule has 0 aliphatic rings. The van der Waals surface area contributed by atoms with Crippen LogP contribution in [0.2, 0.25) is 0 Å². The van der Waals surface area contributed by atoms with Gasteiger partial charge in [0.15, 0.2) is 0 Å². The van der Waals surface area contributed by atoms with Gasteiger partial charge in [-0.05, 0) is 0 Å². The average molecular weight is 574 g/mol. The minimum atomic E-state index is -4.67. The normalized spacial score (nSPS) is 10.2. The van der Waals surface area contributed by atoms with Crippen LogP contribution in [0.5, 0.6) is 0 Å². The molecule has 0 saturated carbocycles. The quantitative estimate of drug-likeness (QED) is 0.174. The van der Waals surface area contributed by atoms with Gasteiger partial charge in [-0.1, -0.05) is 0 Å². The predicted octanol–water partition coefficient (Wildman–Crippen LogP) is -1.96. The zero-order valence-corrected chi connectivity index (χ0v) is 16.1. The number of hydrogen-bond donors (Lipinski definition) is 6. The van der Waals surface area contributed by atoms with Crippen molar-refractivity contribution >= 4 is 31.2 Å². The molecule has 0 fully saturated rings. The molecule has 0 amide bonds. The fourth-order valence-corrected chi connectivity index (χ4v) is 0. The molecule has 6 N–H and O–H groups in total. The fourth-order valence-electron chi connectivity index (χ4n) is 0. The SMILES string of the molecule is O=S(=O)(O)O.O=S(=O)(O)O.O=S(=O)(O)O.[Ce].[Ce]. The molecule has 104 valence electrons. The molecule has 0 unspecified atom stereocenters. The van der Waals surface area contributed by atoms with Gasteiger partial charge in [0.25, 0.3) is 0 Å². The molecule has 0 bridgehead atoms. The van der Waals surface area contributed by atoms with Crippen LogP contribution in [0.4, 0.5) is 0 Å². The molecule has 0 aromatic heterocycles. The Hall–Kier alpha value is 2.36. The van der Waals surface area contributed by atoms with Crippen LogP contribution in [-0.4, -0.2) is 52.6 Å². The summed E-state index contributed by atoms with van der Waals surface area (Å²) in [6, 6.07) is 0. The smallest absolute Gasteiger partial charge is 0.264 e. The second-order valence-electron chi connectivity index (χ2n) is 1.34. The van der Waals surface area contributed by atoms with Gasteiger partial charge >= 0.3 is 31.2 Å². The molecular formula is H6Ce2O12S3. The Morgan fingerprint density at radius 2 is 0.412 bits per heavy atom. The number of rotatable bonds is 0. The van der Waals surface area contributed by atoms with Gasteiger partial charge in [0, 0.05) is 83.5 Å². The summed E-state index contributed by atoms with van der Waals surface area (Å²) < 4.78 is 94.8. The molecular weight excluding hydrogens is 568 g/mol. The molecule has 0 saturated heterocycles. The van der Waals surface area contributed by atoms with E-state index in [4.69, 9.17) is 52.6 Å². The first kappa shape index (κ1) is 31.6. The molecule has 0 aromatic carbocycles. The van der Waals surface area contributed by atoms with E-state index < -0.39 is 31.2 Å². The van der Waals surface area contributed by atoms with E-state index in [-0.39, 0.29) is 83.5 Å². The van der Waals surface area contributed by atoms with Gasteiger partial charge in [-0.2, -0.15) is 25.3 Å². The third-order valence-corrected chi connectivity index (χ3v) is 0. The van der Waals surface area contributed by atoms with Gasteiger partial charge in [-0.25, -0.2) is 0 Å². The molecule has 0 aliphatic heterocycles. The van der Waals surface area contributed by atoms with Crippen LogP contribution in [0.25, 0.3) is 0 Å². The first-order valence-corrected chi connectivity index (χ1v) is 6.29. The molecule has 17 heavy (non-hydrogen) atoms. The first-order chi connectivity index (χ1) is 6.00. The van der Waals surface area contributed by atoms with E-state index >= 15 is 0 Å². The van der Waals surface area contributed by atoms with E-state index in [9.17, 15) is 0 Å². The third kappa shape index (κ3) is 880. The van der Waals surface area contributed by atoms with Gasteiger partial charge < -0.3 is 0 Å². The molecule has 17 heteroatoms. The zero-order chi connectivity index (χ0) is 13.5. The van der Waals surface area contributed by atoms with Gasteiger partial charge in [0.05, 0.1) is 0 Å². The van der Waals surface area contributed by atoms with Crippen molar-refractivity contribution in [3.05, 3.63) is 0 Å². The van der Waals surface area contributed by atoms with E-state index in [0.717, 1.165) is 0 Å². The van der Waals surface area contributed by atoms with Crippen LogP contribution in [-0.2, 0) is 31.2 Å². The Morgan fingerprint density at radius 1 is 0.412 bits per heavy atom. The summed E-state index contributed by atoms with van der Waals surface area (Å²) in [7, 11) is -14.0. The number of hydrogen-bond acceptors (Lipinski definition) is 6. The first-order valence-electron chi connectivity index (χ1n) is 2.10. The Morgan fingerprint density at radius 3 is 0.412 bits per heavy atom. The maximum absolute atomic E-state index is 8.74. The van der Waals surface area contributed by atoms with Crippen molar-refractivity contribution in [3.63, 3.8) is 0 Å². The van der Waals surface area contributed by atoms with Gasteiger partial charge in [0.2, 0.25) is 0 Å². The summed E-state index contributed by atoms with van der Waals surface area (Å²) in [5.41, 5.74) is 0. The third-order valence-electron chi connectivity index (χ3n) is 0. The Balaban J connectivity index is -0.0000000400. The van der Waals surface area contributed by atoms with Crippen LogP contribution >= 0.6 is 0 Å². The molecule has 0 aliphatic carbocycles. The van der Waals surface area contributed by atoms with Crippen molar-refractivity contribution in [2.45, 2.75) is 0 Å².